The number of ether oxygens (including phenoxy) is 1. The highest BCUT2D eigenvalue weighted by Crippen LogP contribution is 2.29. The Hall–Kier alpha value is -2.61. The van der Waals surface area contributed by atoms with Gasteiger partial charge in [-0.15, -0.1) is 16.4 Å². The molecule has 30 heavy (non-hydrogen) atoms. The average Bonchev–Trinajstić information content (AvgIpc) is 3.53. The van der Waals surface area contributed by atoms with E-state index < -0.39 is 0 Å². The minimum Gasteiger partial charge on any atom is -0.376 e. The molecular weight excluding hydrogens is 420 g/mol. The van der Waals surface area contributed by atoms with Crippen molar-refractivity contribution in [2.75, 3.05) is 17.7 Å². The summed E-state index contributed by atoms with van der Waals surface area (Å²) in [6, 6.07) is 6.15. The predicted octanol–water partition coefficient (Wildman–Crippen LogP) is 3.73. The maximum atomic E-state index is 12.6. The van der Waals surface area contributed by atoms with Gasteiger partial charge in [0.25, 0.3) is 0 Å². The number of rotatable bonds is 7. The van der Waals surface area contributed by atoms with Crippen LogP contribution < -0.4 is 5.32 Å². The minimum atomic E-state index is -0.204. The van der Waals surface area contributed by atoms with Crippen molar-refractivity contribution in [3.63, 3.8) is 0 Å². The molecule has 0 saturated carbocycles. The van der Waals surface area contributed by atoms with Gasteiger partial charge >= 0.3 is 0 Å². The Morgan fingerprint density at radius 3 is 3.10 bits per heavy atom. The summed E-state index contributed by atoms with van der Waals surface area (Å²) < 4.78 is 7.75. The Kier molecular flexibility index (Phi) is 6.22. The Morgan fingerprint density at radius 2 is 2.40 bits per heavy atom. The van der Waals surface area contributed by atoms with E-state index in [9.17, 15) is 10.1 Å². The summed E-state index contributed by atoms with van der Waals surface area (Å²) in [5, 5.41) is 22.1. The third-order valence-corrected chi connectivity index (χ3v) is 6.88. The summed E-state index contributed by atoms with van der Waals surface area (Å²) in [6.45, 7) is 5.26. The number of hydrogen-bond donors (Lipinski definition) is 2. The monoisotopic (exact) mass is 442 g/mol. The van der Waals surface area contributed by atoms with Crippen LogP contribution in [-0.4, -0.2) is 44.1 Å². The second-order valence-corrected chi connectivity index (χ2v) is 8.96. The van der Waals surface area contributed by atoms with Gasteiger partial charge in [-0.3, -0.25) is 9.89 Å². The number of H-pyrrole nitrogens is 1. The quantitative estimate of drug-likeness (QED) is 0.540. The van der Waals surface area contributed by atoms with Crippen molar-refractivity contribution in [3.05, 3.63) is 34.3 Å². The molecule has 1 saturated heterocycles. The third kappa shape index (κ3) is 4.28. The van der Waals surface area contributed by atoms with E-state index in [1.54, 1.807) is 11.3 Å². The molecule has 1 aliphatic rings. The van der Waals surface area contributed by atoms with Crippen LogP contribution in [-0.2, 0) is 16.1 Å². The molecule has 0 aliphatic carbocycles. The first-order valence-electron chi connectivity index (χ1n) is 9.67. The molecule has 1 aliphatic heterocycles. The first-order valence-corrected chi connectivity index (χ1v) is 11.5. The molecule has 4 heterocycles. The molecule has 0 radical (unpaired) electrons. The van der Waals surface area contributed by atoms with E-state index >= 15 is 0 Å². The molecule has 2 N–H and O–H groups in total. The Bertz CT molecular complexity index is 1070. The van der Waals surface area contributed by atoms with E-state index in [4.69, 9.17) is 4.74 Å². The fourth-order valence-corrected chi connectivity index (χ4v) is 4.75. The van der Waals surface area contributed by atoms with Gasteiger partial charge in [-0.05, 0) is 43.7 Å². The first kappa shape index (κ1) is 20.7. The van der Waals surface area contributed by atoms with Crippen LogP contribution in [0.2, 0.25) is 0 Å². The van der Waals surface area contributed by atoms with Crippen molar-refractivity contribution in [3.8, 4) is 16.8 Å². The maximum absolute atomic E-state index is 12.6. The summed E-state index contributed by atoms with van der Waals surface area (Å²) in [4.78, 5) is 18.1. The number of thiophene rings is 1. The number of amides is 1. The van der Waals surface area contributed by atoms with Crippen molar-refractivity contribution in [1.29, 1.82) is 5.26 Å². The smallest absolute Gasteiger partial charge is 0.235 e. The van der Waals surface area contributed by atoms with Crippen molar-refractivity contribution in [2.24, 2.45) is 0 Å². The lowest BCUT2D eigenvalue weighted by Crippen LogP contribution is -2.22. The molecule has 3 aromatic rings. The molecule has 3 aromatic heterocycles. The summed E-state index contributed by atoms with van der Waals surface area (Å²) in [5.74, 6) is 1.18. The summed E-state index contributed by atoms with van der Waals surface area (Å²) in [6.07, 6.45) is 2.13. The van der Waals surface area contributed by atoms with Crippen LogP contribution in [0.4, 0.5) is 5.82 Å². The van der Waals surface area contributed by atoms with E-state index in [1.165, 1.54) is 11.8 Å². The number of hydrogen-bond acceptors (Lipinski definition) is 7. The van der Waals surface area contributed by atoms with E-state index in [0.717, 1.165) is 35.6 Å². The highest BCUT2D eigenvalue weighted by Gasteiger charge is 2.24. The molecule has 1 fully saturated rings. The standard InChI is InChI=1S/C20H22N6O2S2/c1-12-13(2)26(10-14-5-3-7-28-14)19(15(12)9-21)22-17(27)11-30-20-23-18(24-25-20)16-6-4-8-29-16/h4,6,8,14H,3,5,7,10-11H2,1-2H3,(H,22,27)(H,23,24,25)/t14-/m0/s1. The topological polar surface area (TPSA) is 109 Å². The Balaban J connectivity index is 1.44. The lowest BCUT2D eigenvalue weighted by molar-refractivity contribution is -0.113. The number of carbonyl (C=O) groups is 1. The molecule has 0 unspecified atom stereocenters. The highest BCUT2D eigenvalue weighted by molar-refractivity contribution is 7.99. The van der Waals surface area contributed by atoms with Crippen LogP contribution in [0.3, 0.4) is 0 Å². The molecule has 156 valence electrons. The van der Waals surface area contributed by atoms with Crippen LogP contribution in [0.15, 0.2) is 22.7 Å². The Morgan fingerprint density at radius 1 is 1.53 bits per heavy atom. The van der Waals surface area contributed by atoms with Gasteiger partial charge in [-0.1, -0.05) is 17.8 Å². The fraction of sp³-hybridized carbons (Fsp3) is 0.400. The van der Waals surface area contributed by atoms with Gasteiger partial charge in [-0.2, -0.15) is 5.26 Å². The summed E-state index contributed by atoms with van der Waals surface area (Å²) in [7, 11) is 0. The van der Waals surface area contributed by atoms with Gasteiger partial charge in [0.1, 0.15) is 11.9 Å². The third-order valence-electron chi connectivity index (χ3n) is 5.16. The van der Waals surface area contributed by atoms with E-state index in [1.807, 2.05) is 35.9 Å². The second-order valence-electron chi connectivity index (χ2n) is 7.07. The van der Waals surface area contributed by atoms with E-state index in [0.29, 0.717) is 28.9 Å². The lowest BCUT2D eigenvalue weighted by Gasteiger charge is -2.16. The molecule has 0 aromatic carbocycles. The zero-order valence-electron chi connectivity index (χ0n) is 16.8. The molecule has 0 spiro atoms. The van der Waals surface area contributed by atoms with Crippen molar-refractivity contribution in [1.82, 2.24) is 19.7 Å². The molecule has 8 nitrogen and oxygen atoms in total. The second kappa shape index (κ2) is 9.04. The van der Waals surface area contributed by atoms with Crippen molar-refractivity contribution < 1.29 is 9.53 Å². The van der Waals surface area contributed by atoms with Gasteiger partial charge in [0.15, 0.2) is 5.82 Å². The predicted molar refractivity (Wildman–Crippen MR) is 117 cm³/mol. The number of nitrogens with one attached hydrogen (secondary N) is 2. The normalized spacial score (nSPS) is 16.0. The number of aromatic amines is 1. The number of thioether (sulfide) groups is 1. The maximum Gasteiger partial charge on any atom is 0.235 e. The molecular formula is C20H22N6O2S2. The Labute approximate surface area is 182 Å². The molecule has 4 rings (SSSR count). The van der Waals surface area contributed by atoms with Crippen LogP contribution in [0, 0.1) is 25.2 Å². The number of aromatic nitrogens is 4. The number of anilines is 1. The molecule has 10 heteroatoms. The van der Waals surface area contributed by atoms with Gasteiger partial charge in [0.2, 0.25) is 11.1 Å². The molecule has 1 amide bonds. The van der Waals surface area contributed by atoms with Gasteiger partial charge < -0.3 is 14.6 Å². The van der Waals surface area contributed by atoms with Crippen LogP contribution in [0.25, 0.3) is 10.7 Å². The summed E-state index contributed by atoms with van der Waals surface area (Å²) in [5.41, 5.74) is 2.36. The van der Waals surface area contributed by atoms with Gasteiger partial charge in [-0.25, -0.2) is 4.98 Å². The van der Waals surface area contributed by atoms with Crippen LogP contribution >= 0.6 is 23.1 Å². The van der Waals surface area contributed by atoms with Crippen LogP contribution in [0.1, 0.15) is 29.7 Å². The van der Waals surface area contributed by atoms with E-state index in [2.05, 4.69) is 26.6 Å². The number of carbonyl (C=O) groups excluding carboxylic acids is 1. The SMILES string of the molecule is Cc1c(C#N)c(NC(=O)CSc2n[nH]c(-c3cccs3)n2)n(C[C@@H]2CCCO2)c1C. The van der Waals surface area contributed by atoms with Gasteiger partial charge in [0.05, 0.1) is 28.8 Å². The van der Waals surface area contributed by atoms with E-state index in [-0.39, 0.29) is 17.8 Å². The zero-order valence-corrected chi connectivity index (χ0v) is 18.4. The van der Waals surface area contributed by atoms with Gasteiger partial charge in [0, 0.05) is 12.3 Å². The molecule has 1 atom stereocenters. The van der Waals surface area contributed by atoms with Crippen molar-refractivity contribution >= 4 is 34.8 Å². The zero-order chi connectivity index (χ0) is 21.1. The lowest BCUT2D eigenvalue weighted by atomic mass is 10.2. The number of nitrogens with zero attached hydrogens (tertiary/aromatic N) is 4. The average molecular weight is 443 g/mol. The highest BCUT2D eigenvalue weighted by atomic mass is 32.2. The summed E-state index contributed by atoms with van der Waals surface area (Å²) >= 11 is 2.82. The van der Waals surface area contributed by atoms with Crippen molar-refractivity contribution in [2.45, 2.75) is 44.5 Å². The fourth-order valence-electron chi connectivity index (χ4n) is 3.48. The number of nitriles is 1. The molecule has 0 bridgehead atoms. The largest absolute Gasteiger partial charge is 0.376 e. The first-order chi connectivity index (χ1) is 14.6. The van der Waals surface area contributed by atoms with Crippen LogP contribution in [0.5, 0.6) is 0 Å². The minimum absolute atomic E-state index is 0.107.